The largest absolute Gasteiger partial charge is 0.323 e. The molecule has 0 fully saturated rings. The Hall–Kier alpha value is -2.91. The average molecular weight is 327 g/mol. The first-order valence-corrected chi connectivity index (χ1v) is 8.57. The third kappa shape index (κ3) is 2.63. The molecule has 0 aliphatic heterocycles. The van der Waals surface area contributed by atoms with Crippen LogP contribution in [0.2, 0.25) is 0 Å². The van der Waals surface area contributed by atoms with Gasteiger partial charge in [0.25, 0.3) is 0 Å². The van der Waals surface area contributed by atoms with Gasteiger partial charge in [-0.05, 0) is 35.1 Å². The lowest BCUT2D eigenvalue weighted by atomic mass is 9.96. The molecule has 25 heavy (non-hydrogen) atoms. The van der Waals surface area contributed by atoms with E-state index in [9.17, 15) is 0 Å². The quantitative estimate of drug-likeness (QED) is 0.388. The number of aromatic nitrogens is 1. The molecule has 0 aliphatic carbocycles. The number of nitrogens with two attached hydrogens (primary N) is 1. The predicted octanol–water partition coefficient (Wildman–Crippen LogP) is 5.46. The Morgan fingerprint density at radius 2 is 1.64 bits per heavy atom. The Kier molecular flexibility index (Phi) is 3.86. The van der Waals surface area contributed by atoms with Crippen LogP contribution in [0.15, 0.2) is 66.7 Å². The lowest BCUT2D eigenvalue weighted by molar-refractivity contribution is 0.876. The first-order valence-electron chi connectivity index (χ1n) is 8.57. The van der Waals surface area contributed by atoms with Gasteiger partial charge in [-0.3, -0.25) is 5.84 Å². The molecule has 0 saturated heterocycles. The highest BCUT2D eigenvalue weighted by molar-refractivity contribution is 6.04. The van der Waals surface area contributed by atoms with Crippen LogP contribution in [0.25, 0.3) is 32.9 Å². The first-order chi connectivity index (χ1) is 12.2. The third-order valence-electron chi connectivity index (χ3n) is 4.72. The zero-order valence-electron chi connectivity index (χ0n) is 14.5. The van der Waals surface area contributed by atoms with Crippen LogP contribution in [-0.4, -0.2) is 4.98 Å². The van der Waals surface area contributed by atoms with E-state index >= 15 is 0 Å². The van der Waals surface area contributed by atoms with Crippen LogP contribution in [0.3, 0.4) is 0 Å². The Labute approximate surface area is 147 Å². The van der Waals surface area contributed by atoms with Crippen LogP contribution in [0.5, 0.6) is 0 Å². The van der Waals surface area contributed by atoms with E-state index in [1.54, 1.807) is 0 Å². The summed E-state index contributed by atoms with van der Waals surface area (Å²) >= 11 is 0. The molecule has 1 heterocycles. The summed E-state index contributed by atoms with van der Waals surface area (Å²) in [5, 5.41) is 3.46. The molecule has 0 bridgehead atoms. The van der Waals surface area contributed by atoms with Crippen molar-refractivity contribution in [1.82, 2.24) is 4.98 Å². The monoisotopic (exact) mass is 327 g/mol. The summed E-state index contributed by atoms with van der Waals surface area (Å²) in [5.41, 5.74) is 8.13. The minimum Gasteiger partial charge on any atom is -0.323 e. The van der Waals surface area contributed by atoms with E-state index in [-0.39, 0.29) is 0 Å². The van der Waals surface area contributed by atoms with Crippen LogP contribution >= 0.6 is 0 Å². The van der Waals surface area contributed by atoms with E-state index in [4.69, 9.17) is 10.8 Å². The van der Waals surface area contributed by atoms with Gasteiger partial charge in [0, 0.05) is 16.3 Å². The highest BCUT2D eigenvalue weighted by atomic mass is 15.2. The van der Waals surface area contributed by atoms with Crippen molar-refractivity contribution in [2.24, 2.45) is 5.84 Å². The number of hydrogen-bond donors (Lipinski definition) is 2. The van der Waals surface area contributed by atoms with Crippen LogP contribution in [0, 0.1) is 0 Å². The van der Waals surface area contributed by atoms with E-state index in [0.717, 1.165) is 33.2 Å². The van der Waals surface area contributed by atoms with E-state index in [2.05, 4.69) is 73.9 Å². The fourth-order valence-electron chi connectivity index (χ4n) is 3.51. The fraction of sp³-hybridized carbons (Fsp3) is 0.136. The summed E-state index contributed by atoms with van der Waals surface area (Å²) in [5.74, 6) is 6.21. The molecule has 0 atom stereocenters. The summed E-state index contributed by atoms with van der Waals surface area (Å²) in [4.78, 5) is 4.95. The normalized spacial score (nSPS) is 11.4. The highest BCUT2D eigenvalue weighted by Crippen LogP contribution is 2.34. The zero-order valence-corrected chi connectivity index (χ0v) is 14.5. The number of rotatable bonds is 3. The van der Waals surface area contributed by atoms with Crippen molar-refractivity contribution in [3.63, 3.8) is 0 Å². The summed E-state index contributed by atoms with van der Waals surface area (Å²) in [6.07, 6.45) is 0. The Balaban J connectivity index is 1.98. The standard InChI is InChI=1S/C22H21N3/c1-14(2)16-8-5-10-19-17(16)12-13-20(24-19)18-9-3-6-15-7-4-11-21(25-23)22(15)18/h3-14,25H,23H2,1-2H3. The van der Waals surface area contributed by atoms with Gasteiger partial charge in [-0.2, -0.15) is 0 Å². The van der Waals surface area contributed by atoms with Crippen molar-refractivity contribution in [2.75, 3.05) is 5.43 Å². The molecule has 4 rings (SSSR count). The summed E-state index contributed by atoms with van der Waals surface area (Å²) < 4.78 is 0. The molecule has 1 aromatic heterocycles. The Morgan fingerprint density at radius 1 is 0.880 bits per heavy atom. The van der Waals surface area contributed by atoms with Crippen LogP contribution in [0.1, 0.15) is 25.3 Å². The maximum atomic E-state index is 5.74. The molecular weight excluding hydrogens is 306 g/mol. The van der Waals surface area contributed by atoms with Crippen LogP contribution in [-0.2, 0) is 0 Å². The first kappa shape index (κ1) is 15.6. The Morgan fingerprint density at radius 3 is 2.40 bits per heavy atom. The fourth-order valence-corrected chi connectivity index (χ4v) is 3.51. The lowest BCUT2D eigenvalue weighted by Crippen LogP contribution is -2.07. The molecule has 0 spiro atoms. The number of nitrogens with one attached hydrogen (secondary N) is 1. The van der Waals surface area contributed by atoms with E-state index in [1.165, 1.54) is 10.9 Å². The van der Waals surface area contributed by atoms with Gasteiger partial charge in [-0.15, -0.1) is 0 Å². The number of benzene rings is 3. The van der Waals surface area contributed by atoms with E-state index < -0.39 is 0 Å². The topological polar surface area (TPSA) is 50.9 Å². The second-order valence-electron chi connectivity index (χ2n) is 6.62. The van der Waals surface area contributed by atoms with E-state index in [0.29, 0.717) is 5.92 Å². The molecule has 124 valence electrons. The number of anilines is 1. The van der Waals surface area contributed by atoms with Gasteiger partial charge in [-0.1, -0.05) is 62.4 Å². The van der Waals surface area contributed by atoms with Crippen molar-refractivity contribution in [3.8, 4) is 11.3 Å². The molecule has 0 aliphatic rings. The molecule has 0 saturated carbocycles. The number of hydrogen-bond acceptors (Lipinski definition) is 3. The zero-order chi connectivity index (χ0) is 17.4. The third-order valence-corrected chi connectivity index (χ3v) is 4.72. The van der Waals surface area contributed by atoms with Crippen LogP contribution in [0.4, 0.5) is 5.69 Å². The number of pyridine rings is 1. The van der Waals surface area contributed by atoms with Gasteiger partial charge < -0.3 is 5.43 Å². The average Bonchev–Trinajstić information content (AvgIpc) is 2.65. The molecule has 0 unspecified atom stereocenters. The molecular formula is C22H21N3. The second kappa shape index (κ2) is 6.19. The van der Waals surface area contributed by atoms with Gasteiger partial charge in [0.2, 0.25) is 0 Å². The smallest absolute Gasteiger partial charge is 0.0716 e. The van der Waals surface area contributed by atoms with Gasteiger partial charge >= 0.3 is 0 Å². The molecule has 3 aromatic carbocycles. The Bertz CT molecular complexity index is 1060. The minimum absolute atomic E-state index is 0.474. The second-order valence-corrected chi connectivity index (χ2v) is 6.62. The SMILES string of the molecule is CC(C)c1cccc2nc(-c3cccc4cccc(NN)c34)ccc12. The number of nitrogen functional groups attached to an aromatic ring is 1. The molecule has 0 radical (unpaired) electrons. The number of fused-ring (bicyclic) bond motifs is 2. The van der Waals surface area contributed by atoms with Crippen LogP contribution < -0.4 is 11.3 Å². The molecule has 0 amide bonds. The summed E-state index contributed by atoms with van der Waals surface area (Å²) in [6, 6.07) is 23.0. The highest BCUT2D eigenvalue weighted by Gasteiger charge is 2.11. The van der Waals surface area contributed by atoms with Gasteiger partial charge in [0.05, 0.1) is 16.9 Å². The van der Waals surface area contributed by atoms with Crippen molar-refractivity contribution in [2.45, 2.75) is 19.8 Å². The van der Waals surface area contributed by atoms with Crippen molar-refractivity contribution in [3.05, 3.63) is 72.3 Å². The van der Waals surface area contributed by atoms with Gasteiger partial charge in [-0.25, -0.2) is 4.98 Å². The molecule has 3 nitrogen and oxygen atoms in total. The van der Waals surface area contributed by atoms with Gasteiger partial charge in [0.15, 0.2) is 0 Å². The maximum absolute atomic E-state index is 5.74. The summed E-state index contributed by atoms with van der Waals surface area (Å²) in [7, 11) is 0. The minimum atomic E-state index is 0.474. The maximum Gasteiger partial charge on any atom is 0.0716 e. The number of hydrazine groups is 1. The van der Waals surface area contributed by atoms with Crippen molar-refractivity contribution in [1.29, 1.82) is 0 Å². The number of nitrogens with zero attached hydrogens (tertiary/aromatic N) is 1. The van der Waals surface area contributed by atoms with E-state index in [1.807, 2.05) is 12.1 Å². The molecule has 4 aromatic rings. The molecule has 3 N–H and O–H groups in total. The van der Waals surface area contributed by atoms with Crippen molar-refractivity contribution < 1.29 is 0 Å². The van der Waals surface area contributed by atoms with Crippen molar-refractivity contribution >= 4 is 27.4 Å². The molecule has 3 heteroatoms. The summed E-state index contributed by atoms with van der Waals surface area (Å²) in [6.45, 7) is 4.43. The lowest BCUT2D eigenvalue weighted by Gasteiger charge is -2.13. The van der Waals surface area contributed by atoms with Gasteiger partial charge in [0.1, 0.15) is 0 Å². The predicted molar refractivity (Wildman–Crippen MR) is 107 cm³/mol.